The monoisotopic (exact) mass is 476 g/mol. The average Bonchev–Trinajstić information content (AvgIpc) is 3.22. The fraction of sp³-hybridized carbons (Fsp3) is 0.194. The Bertz CT molecular complexity index is 1450. The van der Waals surface area contributed by atoms with Crippen molar-refractivity contribution in [1.82, 2.24) is 0 Å². The molecule has 180 valence electrons. The molecule has 0 radical (unpaired) electrons. The van der Waals surface area contributed by atoms with Crippen molar-refractivity contribution in [2.45, 2.75) is 26.0 Å². The van der Waals surface area contributed by atoms with Crippen molar-refractivity contribution in [3.8, 4) is 11.5 Å². The summed E-state index contributed by atoms with van der Waals surface area (Å²) in [6, 6.07) is 30.2. The van der Waals surface area contributed by atoms with E-state index < -0.39 is 5.60 Å². The van der Waals surface area contributed by atoms with Crippen LogP contribution in [-0.2, 0) is 16.9 Å². The summed E-state index contributed by atoms with van der Waals surface area (Å²) in [5.41, 5.74) is 5.27. The van der Waals surface area contributed by atoms with E-state index >= 15 is 0 Å². The van der Waals surface area contributed by atoms with Crippen molar-refractivity contribution in [2.24, 2.45) is 0 Å². The van der Waals surface area contributed by atoms with Crippen LogP contribution in [0.25, 0.3) is 0 Å². The fourth-order valence-corrected chi connectivity index (χ4v) is 5.36. The van der Waals surface area contributed by atoms with Crippen molar-refractivity contribution < 1.29 is 14.3 Å². The number of nitrogens with one attached hydrogen (secondary N) is 1. The number of carbonyl (C=O) groups is 1. The lowest BCUT2D eigenvalue weighted by atomic mass is 9.77. The molecule has 4 aromatic rings. The summed E-state index contributed by atoms with van der Waals surface area (Å²) in [6.07, 6.45) is 0. The van der Waals surface area contributed by atoms with Gasteiger partial charge < -0.3 is 19.7 Å². The van der Waals surface area contributed by atoms with Crippen molar-refractivity contribution >= 4 is 17.3 Å². The van der Waals surface area contributed by atoms with Gasteiger partial charge in [-0.2, -0.15) is 0 Å². The number of carbonyl (C=O) groups excluding carboxylic acids is 1. The molecule has 6 rings (SSSR count). The van der Waals surface area contributed by atoms with Crippen LogP contribution >= 0.6 is 0 Å². The molecule has 0 saturated carbocycles. The molecule has 2 heterocycles. The number of esters is 1. The number of fused-ring (bicyclic) bond motifs is 6. The molecule has 0 amide bonds. The molecule has 2 aliphatic heterocycles. The van der Waals surface area contributed by atoms with Crippen molar-refractivity contribution in [3.63, 3.8) is 0 Å². The van der Waals surface area contributed by atoms with E-state index in [1.165, 1.54) is 5.56 Å². The van der Waals surface area contributed by atoms with Gasteiger partial charge >= 0.3 is 5.97 Å². The van der Waals surface area contributed by atoms with Gasteiger partial charge in [-0.15, -0.1) is 0 Å². The second-order valence-corrected chi connectivity index (χ2v) is 9.12. The van der Waals surface area contributed by atoms with Gasteiger partial charge in [-0.05, 0) is 55.8 Å². The molecule has 0 fully saturated rings. The average molecular weight is 477 g/mol. The topological polar surface area (TPSA) is 50.8 Å². The standard InChI is InChI=1S/C31H28N2O3/c1-3-33(4-2)23-15-17-28-27(19-23)31(25-13-9-8-12-24(25)30(34)36-31)26-16-14-22(18-29(26)35-28)32-20-21-10-6-5-7-11-21/h5-19,32H,3-4,20H2,1-2H3. The maximum Gasteiger partial charge on any atom is 0.340 e. The van der Waals surface area contributed by atoms with Gasteiger partial charge in [0.15, 0.2) is 5.60 Å². The van der Waals surface area contributed by atoms with Crippen LogP contribution in [0, 0.1) is 0 Å². The predicted octanol–water partition coefficient (Wildman–Crippen LogP) is 6.71. The number of rotatable bonds is 6. The molecule has 2 aliphatic rings. The van der Waals surface area contributed by atoms with Gasteiger partial charge in [0, 0.05) is 53.8 Å². The second kappa shape index (κ2) is 8.76. The van der Waals surface area contributed by atoms with Gasteiger partial charge in [-0.1, -0.05) is 48.5 Å². The summed E-state index contributed by atoms with van der Waals surface area (Å²) in [4.78, 5) is 15.4. The maximum atomic E-state index is 13.1. The molecule has 1 N–H and O–H groups in total. The van der Waals surface area contributed by atoms with Crippen molar-refractivity contribution in [2.75, 3.05) is 23.3 Å². The third-order valence-corrected chi connectivity index (χ3v) is 7.16. The third-order valence-electron chi connectivity index (χ3n) is 7.16. The van der Waals surface area contributed by atoms with Crippen LogP contribution in [0.4, 0.5) is 11.4 Å². The summed E-state index contributed by atoms with van der Waals surface area (Å²) in [5.74, 6) is 1.06. The minimum atomic E-state index is -1.06. The highest BCUT2D eigenvalue weighted by molar-refractivity contribution is 5.97. The van der Waals surface area contributed by atoms with E-state index in [0.717, 1.165) is 41.2 Å². The fourth-order valence-electron chi connectivity index (χ4n) is 5.36. The predicted molar refractivity (Wildman–Crippen MR) is 142 cm³/mol. The third kappa shape index (κ3) is 3.42. The maximum absolute atomic E-state index is 13.1. The first-order valence-electron chi connectivity index (χ1n) is 12.5. The van der Waals surface area contributed by atoms with Crippen LogP contribution in [0.15, 0.2) is 91.0 Å². The summed E-state index contributed by atoms with van der Waals surface area (Å²) in [5, 5.41) is 3.49. The number of hydrogen-bond donors (Lipinski definition) is 1. The highest BCUT2D eigenvalue weighted by atomic mass is 16.6. The van der Waals surface area contributed by atoms with Crippen molar-refractivity contribution in [3.05, 3.63) is 119 Å². The zero-order chi connectivity index (χ0) is 24.7. The molecule has 0 aromatic heterocycles. The quantitative estimate of drug-likeness (QED) is 0.313. The molecule has 0 bridgehead atoms. The van der Waals surface area contributed by atoms with Gasteiger partial charge in [0.05, 0.1) is 5.56 Å². The number of nitrogens with zero attached hydrogens (tertiary/aromatic N) is 1. The Kier molecular flexibility index (Phi) is 5.41. The van der Waals surface area contributed by atoms with E-state index in [0.29, 0.717) is 23.6 Å². The number of anilines is 2. The van der Waals surface area contributed by atoms with E-state index in [-0.39, 0.29) is 5.97 Å². The van der Waals surface area contributed by atoms with Gasteiger partial charge in [0.2, 0.25) is 0 Å². The number of hydrogen-bond acceptors (Lipinski definition) is 5. The zero-order valence-corrected chi connectivity index (χ0v) is 20.5. The van der Waals surface area contributed by atoms with E-state index in [9.17, 15) is 4.79 Å². The first-order chi connectivity index (χ1) is 17.6. The summed E-state index contributed by atoms with van der Waals surface area (Å²) < 4.78 is 12.8. The van der Waals surface area contributed by atoms with Crippen molar-refractivity contribution in [1.29, 1.82) is 0 Å². The highest BCUT2D eigenvalue weighted by Crippen LogP contribution is 2.57. The number of ether oxygens (including phenoxy) is 2. The summed E-state index contributed by atoms with van der Waals surface area (Å²) >= 11 is 0. The molecule has 1 spiro atoms. The first kappa shape index (κ1) is 22.2. The minimum Gasteiger partial charge on any atom is -0.456 e. The molecular weight excluding hydrogens is 448 g/mol. The van der Waals surface area contributed by atoms with Gasteiger partial charge in [0.25, 0.3) is 0 Å². The SMILES string of the molecule is CCN(CC)c1ccc2c(c1)C1(OC(=O)c3ccccc31)c1ccc(NCc3ccccc3)cc1O2. The molecule has 1 atom stereocenters. The minimum absolute atomic E-state index is 0.316. The smallest absolute Gasteiger partial charge is 0.340 e. The Morgan fingerprint density at radius 1 is 0.778 bits per heavy atom. The Hall–Kier alpha value is -4.25. The molecule has 4 aromatic carbocycles. The summed E-state index contributed by atoms with van der Waals surface area (Å²) in [7, 11) is 0. The van der Waals surface area contributed by atoms with E-state index in [1.807, 2.05) is 66.7 Å². The van der Waals surface area contributed by atoms with Crippen LogP contribution in [0.2, 0.25) is 0 Å². The van der Waals surface area contributed by atoms with Gasteiger partial charge in [0.1, 0.15) is 11.5 Å². The molecule has 5 nitrogen and oxygen atoms in total. The Labute approximate surface area is 211 Å². The Morgan fingerprint density at radius 3 is 2.36 bits per heavy atom. The zero-order valence-electron chi connectivity index (χ0n) is 20.5. The molecule has 36 heavy (non-hydrogen) atoms. The van der Waals surface area contributed by atoms with Crippen LogP contribution in [0.3, 0.4) is 0 Å². The van der Waals surface area contributed by atoms with Gasteiger partial charge in [-0.3, -0.25) is 0 Å². The Morgan fingerprint density at radius 2 is 1.56 bits per heavy atom. The lowest BCUT2D eigenvalue weighted by molar-refractivity contribution is 0.0224. The normalized spacial score (nSPS) is 17.0. The molecule has 5 heteroatoms. The van der Waals surface area contributed by atoms with E-state index in [2.05, 4.69) is 48.3 Å². The van der Waals surface area contributed by atoms with E-state index in [1.54, 1.807) is 0 Å². The lowest BCUT2D eigenvalue weighted by Crippen LogP contribution is -2.33. The number of benzene rings is 4. The first-order valence-corrected chi connectivity index (χ1v) is 12.5. The highest BCUT2D eigenvalue weighted by Gasteiger charge is 2.53. The molecule has 0 aliphatic carbocycles. The largest absolute Gasteiger partial charge is 0.456 e. The second-order valence-electron chi connectivity index (χ2n) is 9.12. The lowest BCUT2D eigenvalue weighted by Gasteiger charge is -2.37. The van der Waals surface area contributed by atoms with Crippen LogP contribution in [0.5, 0.6) is 11.5 Å². The van der Waals surface area contributed by atoms with Crippen LogP contribution in [0.1, 0.15) is 46.5 Å². The van der Waals surface area contributed by atoms with E-state index in [4.69, 9.17) is 9.47 Å². The summed E-state index contributed by atoms with van der Waals surface area (Å²) in [6.45, 7) is 6.74. The molecular formula is C31H28N2O3. The molecule has 1 unspecified atom stereocenters. The molecule has 0 saturated heterocycles. The van der Waals surface area contributed by atoms with Gasteiger partial charge in [-0.25, -0.2) is 4.79 Å². The van der Waals surface area contributed by atoms with Crippen LogP contribution in [-0.4, -0.2) is 19.1 Å². The Balaban J connectivity index is 1.49. The van der Waals surface area contributed by atoms with Crippen LogP contribution < -0.4 is 15.0 Å².